The summed E-state index contributed by atoms with van der Waals surface area (Å²) >= 11 is 0. The van der Waals surface area contributed by atoms with Crippen LogP contribution >= 0.6 is 0 Å². The van der Waals surface area contributed by atoms with Gasteiger partial charge < -0.3 is 0 Å². The number of halogens is 1. The second-order valence-electron chi connectivity index (χ2n) is 9.09. The molecular weight excluding hydrogens is 311 g/mol. The summed E-state index contributed by atoms with van der Waals surface area (Å²) in [4.78, 5) is 0. The highest BCUT2D eigenvalue weighted by molar-refractivity contribution is 6.80. The van der Waals surface area contributed by atoms with Gasteiger partial charge in [0.25, 0.3) is 0 Å². The van der Waals surface area contributed by atoms with Gasteiger partial charge in [-0.3, -0.25) is 0 Å². The van der Waals surface area contributed by atoms with Gasteiger partial charge in [-0.1, -0.05) is 82.3 Å². The van der Waals surface area contributed by atoms with Crippen molar-refractivity contribution in [1.82, 2.24) is 0 Å². The highest BCUT2D eigenvalue weighted by atomic mass is 28.3. The number of hydrogen-bond acceptors (Lipinski definition) is 0. The minimum Gasteiger partial charge on any atom is -0.207 e. The van der Waals surface area contributed by atoms with Crippen molar-refractivity contribution in [2.75, 3.05) is 0 Å². The van der Waals surface area contributed by atoms with Crippen LogP contribution in [0.5, 0.6) is 0 Å². The molecule has 2 fully saturated rings. The maximum atomic E-state index is 13.1. The van der Waals surface area contributed by atoms with Crippen molar-refractivity contribution in [2.24, 2.45) is 11.8 Å². The Hall–Kier alpha value is -0.633. The predicted molar refractivity (Wildman–Crippen MR) is 105 cm³/mol. The molecule has 0 saturated carbocycles. The molecule has 0 radical (unpaired) electrons. The predicted octanol–water partition coefficient (Wildman–Crippen LogP) is 7.39. The van der Waals surface area contributed by atoms with Crippen LogP contribution in [0.2, 0.25) is 24.2 Å². The molecular formula is C22H35FSi. The second kappa shape index (κ2) is 8.16. The molecule has 0 amide bonds. The van der Waals surface area contributed by atoms with Crippen LogP contribution in [0.25, 0.3) is 0 Å². The Morgan fingerprint density at radius 2 is 1.54 bits per heavy atom. The highest BCUT2D eigenvalue weighted by Crippen LogP contribution is 2.47. The minimum absolute atomic E-state index is 0.101. The molecule has 0 aromatic heterocycles. The van der Waals surface area contributed by atoms with E-state index in [1.165, 1.54) is 62.6 Å². The Morgan fingerprint density at radius 3 is 2.12 bits per heavy atom. The smallest absolute Gasteiger partial charge is 0.123 e. The standard InChI is InChI=1S/C22H35FSi/c1-18(2)4-3-5-19-10-14-24(15-11-19)16-12-21(13-17-24)20-6-8-22(23)9-7-20/h6-9,18-19,21H,3-5,10-17H2,1-2H3. The van der Waals surface area contributed by atoms with Gasteiger partial charge in [0.1, 0.15) is 5.82 Å². The first-order chi connectivity index (χ1) is 11.6. The summed E-state index contributed by atoms with van der Waals surface area (Å²) in [5.74, 6) is 2.51. The molecule has 0 unspecified atom stereocenters. The summed E-state index contributed by atoms with van der Waals surface area (Å²) < 4.78 is 13.1. The molecule has 2 heteroatoms. The quantitative estimate of drug-likeness (QED) is 0.488. The van der Waals surface area contributed by atoms with E-state index in [4.69, 9.17) is 0 Å². The van der Waals surface area contributed by atoms with Gasteiger partial charge in [0.2, 0.25) is 0 Å². The van der Waals surface area contributed by atoms with Gasteiger partial charge >= 0.3 is 0 Å². The van der Waals surface area contributed by atoms with E-state index in [1.54, 1.807) is 24.2 Å². The van der Waals surface area contributed by atoms with Crippen molar-refractivity contribution < 1.29 is 4.39 Å². The lowest BCUT2D eigenvalue weighted by atomic mass is 9.93. The Kier molecular flexibility index (Phi) is 6.18. The Bertz CT molecular complexity index is 489. The lowest BCUT2D eigenvalue weighted by Crippen LogP contribution is -2.41. The fourth-order valence-corrected chi connectivity index (χ4v) is 10.7. The van der Waals surface area contributed by atoms with E-state index in [-0.39, 0.29) is 5.82 Å². The van der Waals surface area contributed by atoms with Crippen LogP contribution in [-0.4, -0.2) is 8.07 Å². The molecule has 0 nitrogen and oxygen atoms in total. The van der Waals surface area contributed by atoms with Gasteiger partial charge in [0.15, 0.2) is 0 Å². The van der Waals surface area contributed by atoms with Crippen molar-refractivity contribution in [1.29, 1.82) is 0 Å². The number of rotatable bonds is 5. The summed E-state index contributed by atoms with van der Waals surface area (Å²) in [6.07, 6.45) is 10.2. The molecule has 0 aliphatic carbocycles. The molecule has 3 rings (SSSR count). The van der Waals surface area contributed by atoms with E-state index >= 15 is 0 Å². The van der Waals surface area contributed by atoms with Crippen molar-refractivity contribution in [3.8, 4) is 0 Å². The van der Waals surface area contributed by atoms with Crippen LogP contribution < -0.4 is 0 Å². The lowest BCUT2D eigenvalue weighted by molar-refractivity contribution is 0.392. The summed E-state index contributed by atoms with van der Waals surface area (Å²) in [5.41, 5.74) is 1.38. The van der Waals surface area contributed by atoms with E-state index in [0.29, 0.717) is 5.92 Å². The average Bonchev–Trinajstić information content (AvgIpc) is 2.58. The Morgan fingerprint density at radius 1 is 0.958 bits per heavy atom. The van der Waals surface area contributed by atoms with E-state index in [2.05, 4.69) is 13.8 Å². The van der Waals surface area contributed by atoms with Gasteiger partial charge in [-0.2, -0.15) is 0 Å². The Labute approximate surface area is 149 Å². The lowest BCUT2D eigenvalue weighted by Gasteiger charge is -2.43. The van der Waals surface area contributed by atoms with Crippen molar-refractivity contribution in [3.05, 3.63) is 35.6 Å². The molecule has 0 atom stereocenters. The molecule has 2 heterocycles. The van der Waals surface area contributed by atoms with Crippen LogP contribution in [0.4, 0.5) is 4.39 Å². The van der Waals surface area contributed by atoms with Gasteiger partial charge in [0, 0.05) is 0 Å². The molecule has 134 valence electrons. The topological polar surface area (TPSA) is 0 Å². The summed E-state index contributed by atoms with van der Waals surface area (Å²) in [5, 5.41) is 0. The first-order valence-electron chi connectivity index (χ1n) is 10.3. The maximum absolute atomic E-state index is 13.1. The first kappa shape index (κ1) is 18.2. The number of benzene rings is 1. The van der Waals surface area contributed by atoms with Crippen LogP contribution in [0, 0.1) is 17.7 Å². The van der Waals surface area contributed by atoms with E-state index < -0.39 is 8.07 Å². The molecule has 1 aromatic carbocycles. The first-order valence-corrected chi connectivity index (χ1v) is 13.1. The third-order valence-corrected chi connectivity index (χ3v) is 12.3. The molecule has 0 N–H and O–H groups in total. The molecule has 24 heavy (non-hydrogen) atoms. The normalized spacial score (nSPS) is 30.8. The van der Waals surface area contributed by atoms with Crippen molar-refractivity contribution in [2.45, 2.75) is 88.9 Å². The summed E-state index contributed by atoms with van der Waals surface area (Å²) in [6, 6.07) is 13.6. The molecule has 2 aliphatic rings. The van der Waals surface area contributed by atoms with Gasteiger partial charge in [-0.05, 0) is 48.3 Å². The molecule has 1 spiro atoms. The molecule has 2 aliphatic heterocycles. The highest BCUT2D eigenvalue weighted by Gasteiger charge is 2.40. The monoisotopic (exact) mass is 346 g/mol. The molecule has 0 bridgehead atoms. The number of hydrogen-bond donors (Lipinski definition) is 0. The fourth-order valence-electron chi connectivity index (χ4n) is 5.19. The van der Waals surface area contributed by atoms with Crippen LogP contribution in [-0.2, 0) is 0 Å². The van der Waals surface area contributed by atoms with Crippen LogP contribution in [0.3, 0.4) is 0 Å². The van der Waals surface area contributed by atoms with Crippen molar-refractivity contribution >= 4 is 8.07 Å². The molecule has 2 saturated heterocycles. The summed E-state index contributed by atoms with van der Waals surface area (Å²) in [6.45, 7) is 4.70. The average molecular weight is 347 g/mol. The third kappa shape index (κ3) is 4.71. The third-order valence-electron chi connectivity index (χ3n) is 6.95. The van der Waals surface area contributed by atoms with E-state index in [0.717, 1.165) is 11.8 Å². The fraction of sp³-hybridized carbons (Fsp3) is 0.727. The SMILES string of the molecule is CC(C)CCCC1CC[Si]2(CC1)CCC(c1ccc(F)cc1)CC2. The zero-order valence-electron chi connectivity index (χ0n) is 15.7. The zero-order chi connectivity index (χ0) is 17.0. The van der Waals surface area contributed by atoms with Gasteiger partial charge in [0.05, 0.1) is 8.07 Å². The summed E-state index contributed by atoms with van der Waals surface area (Å²) in [7, 11) is -0.932. The van der Waals surface area contributed by atoms with E-state index in [9.17, 15) is 4.39 Å². The van der Waals surface area contributed by atoms with Crippen molar-refractivity contribution in [3.63, 3.8) is 0 Å². The van der Waals surface area contributed by atoms with Crippen LogP contribution in [0.15, 0.2) is 24.3 Å². The van der Waals surface area contributed by atoms with Crippen LogP contribution in [0.1, 0.15) is 70.3 Å². The largest absolute Gasteiger partial charge is 0.207 e. The van der Waals surface area contributed by atoms with Gasteiger partial charge in [-0.15, -0.1) is 0 Å². The minimum atomic E-state index is -0.932. The Balaban J connectivity index is 1.44. The maximum Gasteiger partial charge on any atom is 0.123 e. The zero-order valence-corrected chi connectivity index (χ0v) is 16.7. The molecule has 1 aromatic rings. The van der Waals surface area contributed by atoms with E-state index in [1.807, 2.05) is 12.1 Å². The second-order valence-corrected chi connectivity index (χ2v) is 14.1. The van der Waals surface area contributed by atoms with Gasteiger partial charge in [-0.25, -0.2) is 4.39 Å².